The molecule has 0 saturated heterocycles. The Morgan fingerprint density at radius 3 is 1.56 bits per heavy atom. The molecule has 0 aromatic carbocycles. The Morgan fingerprint density at radius 1 is 0.704 bits per heavy atom. The summed E-state index contributed by atoms with van der Waals surface area (Å²) >= 11 is 0. The molecule has 1 N–H and O–H groups in total. The summed E-state index contributed by atoms with van der Waals surface area (Å²) in [6.45, 7) is 8.25. The molecule has 0 rings (SSSR count). The van der Waals surface area contributed by atoms with Gasteiger partial charge in [0.05, 0.1) is 6.04 Å². The Labute approximate surface area is 169 Å². The van der Waals surface area contributed by atoms with Crippen LogP contribution in [-0.2, 0) is 9.59 Å². The first-order chi connectivity index (χ1) is 13.1. The van der Waals surface area contributed by atoms with Crippen molar-refractivity contribution in [2.45, 2.75) is 136 Å². The fourth-order valence-electron chi connectivity index (χ4n) is 3.54. The molecule has 0 bridgehead atoms. The number of hydrogen-bond donors (Lipinski definition) is 1. The molecule has 0 aliphatic heterocycles. The van der Waals surface area contributed by atoms with Gasteiger partial charge in [-0.05, 0) is 12.3 Å². The van der Waals surface area contributed by atoms with Crippen LogP contribution < -0.4 is 5.32 Å². The first-order valence-electron chi connectivity index (χ1n) is 11.9. The molecule has 27 heavy (non-hydrogen) atoms. The van der Waals surface area contributed by atoms with Crippen molar-refractivity contribution in [3.8, 4) is 0 Å². The molecule has 0 aromatic rings. The van der Waals surface area contributed by atoms with Crippen LogP contribution in [0.3, 0.4) is 0 Å². The van der Waals surface area contributed by atoms with E-state index in [0.29, 0.717) is 12.8 Å². The highest BCUT2D eigenvalue weighted by Crippen LogP contribution is 2.14. The molecule has 0 aromatic heterocycles. The second-order valence-electron chi connectivity index (χ2n) is 8.24. The largest absolute Gasteiger partial charge is 0.346 e. The van der Waals surface area contributed by atoms with Gasteiger partial charge in [0.2, 0.25) is 5.91 Å². The van der Waals surface area contributed by atoms with Gasteiger partial charge in [-0.1, -0.05) is 111 Å². The fourth-order valence-corrected chi connectivity index (χ4v) is 3.54. The lowest BCUT2D eigenvalue weighted by Crippen LogP contribution is -2.44. The number of Topliss-reactive ketones (excluding diaryl/α,β-unsaturated/α-hetero) is 1. The molecule has 3 nitrogen and oxygen atoms in total. The van der Waals surface area contributed by atoms with Crippen molar-refractivity contribution < 1.29 is 9.59 Å². The Hall–Kier alpha value is -0.860. The Balaban J connectivity index is 3.58. The van der Waals surface area contributed by atoms with E-state index in [2.05, 4.69) is 19.2 Å². The van der Waals surface area contributed by atoms with Gasteiger partial charge in [0, 0.05) is 12.8 Å². The highest BCUT2D eigenvalue weighted by Gasteiger charge is 2.23. The van der Waals surface area contributed by atoms with Crippen LogP contribution in [0, 0.1) is 5.92 Å². The summed E-state index contributed by atoms with van der Waals surface area (Å²) in [5.74, 6) is 0.418. The lowest BCUT2D eigenvalue weighted by molar-refractivity contribution is -0.128. The zero-order valence-electron chi connectivity index (χ0n) is 18.8. The number of hydrogen-bond acceptors (Lipinski definition) is 2. The van der Waals surface area contributed by atoms with Crippen LogP contribution in [-0.4, -0.2) is 17.7 Å². The van der Waals surface area contributed by atoms with E-state index in [-0.39, 0.29) is 23.7 Å². The smallest absolute Gasteiger partial charge is 0.220 e. The van der Waals surface area contributed by atoms with Gasteiger partial charge in [0.1, 0.15) is 0 Å². The maximum absolute atomic E-state index is 12.1. The molecular weight excluding hydrogens is 334 g/mol. The normalized spacial score (nSPS) is 13.3. The molecule has 3 heteroatoms. The zero-order chi connectivity index (χ0) is 20.3. The van der Waals surface area contributed by atoms with Gasteiger partial charge in [0.25, 0.3) is 0 Å². The Bertz CT molecular complexity index is 367. The molecule has 2 atom stereocenters. The number of unbranched alkanes of at least 4 members (excludes halogenated alkanes) is 12. The second-order valence-corrected chi connectivity index (χ2v) is 8.24. The third kappa shape index (κ3) is 14.8. The van der Waals surface area contributed by atoms with E-state index < -0.39 is 0 Å². The number of ketones is 1. The van der Waals surface area contributed by atoms with Crippen molar-refractivity contribution in [2.24, 2.45) is 5.92 Å². The number of amides is 1. The van der Waals surface area contributed by atoms with E-state index in [9.17, 15) is 9.59 Å². The minimum atomic E-state index is -0.297. The molecule has 0 aliphatic rings. The molecule has 0 spiro atoms. The summed E-state index contributed by atoms with van der Waals surface area (Å²) in [4.78, 5) is 24.2. The van der Waals surface area contributed by atoms with E-state index in [4.69, 9.17) is 0 Å². The highest BCUT2D eigenvalue weighted by molar-refractivity contribution is 5.89. The van der Waals surface area contributed by atoms with Crippen molar-refractivity contribution in [3.05, 3.63) is 0 Å². The quantitative estimate of drug-likeness (QED) is 0.245. The first kappa shape index (κ1) is 26.1. The van der Waals surface area contributed by atoms with E-state index >= 15 is 0 Å². The van der Waals surface area contributed by atoms with Crippen LogP contribution in [0.4, 0.5) is 0 Å². The number of carbonyl (C=O) groups is 2. The van der Waals surface area contributed by atoms with Crippen molar-refractivity contribution >= 4 is 11.7 Å². The van der Waals surface area contributed by atoms with Gasteiger partial charge in [-0.25, -0.2) is 0 Å². The summed E-state index contributed by atoms with van der Waals surface area (Å²) < 4.78 is 0. The second kappa shape index (κ2) is 18.5. The van der Waals surface area contributed by atoms with E-state index in [1.165, 1.54) is 70.6 Å². The summed E-state index contributed by atoms with van der Waals surface area (Å²) in [5, 5.41) is 2.97. The minimum absolute atomic E-state index is 0.0465. The topological polar surface area (TPSA) is 46.2 Å². The predicted molar refractivity (Wildman–Crippen MR) is 117 cm³/mol. The van der Waals surface area contributed by atoms with E-state index in [0.717, 1.165) is 19.3 Å². The zero-order valence-corrected chi connectivity index (χ0v) is 18.8. The monoisotopic (exact) mass is 381 g/mol. The average molecular weight is 382 g/mol. The Morgan fingerprint density at radius 2 is 1.15 bits per heavy atom. The van der Waals surface area contributed by atoms with Crippen LogP contribution in [0.15, 0.2) is 0 Å². The third-order valence-electron chi connectivity index (χ3n) is 5.73. The fraction of sp³-hybridized carbons (Fsp3) is 0.917. The molecule has 0 unspecified atom stereocenters. The molecule has 0 heterocycles. The van der Waals surface area contributed by atoms with Crippen LogP contribution in [0.5, 0.6) is 0 Å². The standard InChI is InChI=1S/C24H47NO2/c1-5-8-9-10-11-12-13-14-15-16-17-18-19-20-23(27)25-24(21(4)6-2)22(26)7-3/h21,24H,5-20H2,1-4H3,(H,25,27)/t21-,24-/m0/s1. The molecule has 160 valence electrons. The lowest BCUT2D eigenvalue weighted by Gasteiger charge is -2.22. The van der Waals surface area contributed by atoms with Gasteiger partial charge in [-0.2, -0.15) is 0 Å². The van der Waals surface area contributed by atoms with Gasteiger partial charge in [0.15, 0.2) is 5.78 Å². The number of rotatable bonds is 19. The summed E-state index contributed by atoms with van der Waals surface area (Å²) in [6.07, 6.45) is 19.0. The van der Waals surface area contributed by atoms with Crippen molar-refractivity contribution in [3.63, 3.8) is 0 Å². The summed E-state index contributed by atoms with van der Waals surface area (Å²) in [6, 6.07) is -0.297. The SMILES string of the molecule is CCCCCCCCCCCCCCCC(=O)N[C@H](C(=O)CC)[C@@H](C)CC. The summed E-state index contributed by atoms with van der Waals surface area (Å²) in [7, 11) is 0. The van der Waals surface area contributed by atoms with Gasteiger partial charge in [-0.15, -0.1) is 0 Å². The van der Waals surface area contributed by atoms with Gasteiger partial charge >= 0.3 is 0 Å². The molecule has 0 saturated carbocycles. The van der Waals surface area contributed by atoms with Crippen LogP contribution in [0.2, 0.25) is 0 Å². The average Bonchev–Trinajstić information content (AvgIpc) is 2.68. The minimum Gasteiger partial charge on any atom is -0.346 e. The van der Waals surface area contributed by atoms with Crippen molar-refractivity contribution in [2.75, 3.05) is 0 Å². The maximum Gasteiger partial charge on any atom is 0.220 e. The molecule has 0 radical (unpaired) electrons. The number of nitrogens with one attached hydrogen (secondary N) is 1. The van der Waals surface area contributed by atoms with Crippen molar-refractivity contribution in [1.82, 2.24) is 5.32 Å². The predicted octanol–water partition coefficient (Wildman–Crippen LogP) is 6.98. The van der Waals surface area contributed by atoms with Crippen LogP contribution in [0.25, 0.3) is 0 Å². The van der Waals surface area contributed by atoms with E-state index in [1.54, 1.807) is 0 Å². The van der Waals surface area contributed by atoms with Crippen LogP contribution >= 0.6 is 0 Å². The maximum atomic E-state index is 12.1. The van der Waals surface area contributed by atoms with Crippen molar-refractivity contribution in [1.29, 1.82) is 0 Å². The molecular formula is C24H47NO2. The summed E-state index contributed by atoms with van der Waals surface area (Å²) in [5.41, 5.74) is 0. The highest BCUT2D eigenvalue weighted by atomic mass is 16.2. The Kier molecular flexibility index (Phi) is 17.9. The molecule has 0 fully saturated rings. The van der Waals surface area contributed by atoms with Gasteiger partial charge < -0.3 is 5.32 Å². The van der Waals surface area contributed by atoms with Gasteiger partial charge in [-0.3, -0.25) is 9.59 Å². The van der Waals surface area contributed by atoms with E-state index in [1.807, 2.05) is 13.8 Å². The number of carbonyl (C=O) groups excluding carboxylic acids is 2. The third-order valence-corrected chi connectivity index (χ3v) is 5.73. The molecule has 0 aliphatic carbocycles. The first-order valence-corrected chi connectivity index (χ1v) is 11.9. The molecule has 1 amide bonds. The van der Waals surface area contributed by atoms with Crippen LogP contribution in [0.1, 0.15) is 130 Å². The lowest BCUT2D eigenvalue weighted by atomic mass is 9.94.